The number of rotatable bonds is 2. The van der Waals surface area contributed by atoms with Crippen LogP contribution in [0.2, 0.25) is 0 Å². The first-order valence-corrected chi connectivity index (χ1v) is 6.27. The van der Waals surface area contributed by atoms with Gasteiger partial charge in [0.2, 0.25) is 0 Å². The van der Waals surface area contributed by atoms with E-state index in [4.69, 9.17) is 5.73 Å². The zero-order valence-corrected chi connectivity index (χ0v) is 11.4. The van der Waals surface area contributed by atoms with Crippen LogP contribution in [-0.4, -0.2) is 4.75 Å². The van der Waals surface area contributed by atoms with Crippen LogP contribution in [0.1, 0.15) is 44.9 Å². The fraction of sp³-hybridized carbons (Fsp3) is 0.538. The molecule has 0 heterocycles. The van der Waals surface area contributed by atoms with Crippen molar-refractivity contribution < 1.29 is 4.39 Å². The minimum Gasteiger partial charge on any atom is -0.324 e. The SMILES string of the molecule is Cc1cc(SC(C)(C)C)c(C(C)N)cc1F. The van der Waals surface area contributed by atoms with Gasteiger partial charge in [-0.15, -0.1) is 11.8 Å². The van der Waals surface area contributed by atoms with Gasteiger partial charge >= 0.3 is 0 Å². The number of benzene rings is 1. The summed E-state index contributed by atoms with van der Waals surface area (Å²) >= 11 is 1.73. The van der Waals surface area contributed by atoms with Gasteiger partial charge in [-0.3, -0.25) is 0 Å². The molecule has 0 aliphatic heterocycles. The largest absolute Gasteiger partial charge is 0.324 e. The number of hydrogen-bond acceptors (Lipinski definition) is 2. The Hall–Kier alpha value is -0.540. The zero-order chi connectivity index (χ0) is 12.5. The van der Waals surface area contributed by atoms with Crippen molar-refractivity contribution in [3.05, 3.63) is 29.1 Å². The first-order chi connectivity index (χ1) is 7.20. The van der Waals surface area contributed by atoms with Crippen LogP contribution in [0, 0.1) is 12.7 Å². The van der Waals surface area contributed by atoms with Gasteiger partial charge in [-0.2, -0.15) is 0 Å². The molecule has 90 valence electrons. The fourth-order valence-corrected chi connectivity index (χ4v) is 2.70. The summed E-state index contributed by atoms with van der Waals surface area (Å²) in [6, 6.07) is 3.32. The Morgan fingerprint density at radius 1 is 1.31 bits per heavy atom. The minimum atomic E-state index is -0.175. The van der Waals surface area contributed by atoms with Crippen molar-refractivity contribution in [3.8, 4) is 0 Å². The van der Waals surface area contributed by atoms with Gasteiger partial charge in [-0.25, -0.2) is 4.39 Å². The van der Waals surface area contributed by atoms with Crippen molar-refractivity contribution in [1.29, 1.82) is 0 Å². The molecule has 0 bridgehead atoms. The Morgan fingerprint density at radius 3 is 2.31 bits per heavy atom. The molecule has 0 aromatic heterocycles. The number of aryl methyl sites for hydroxylation is 1. The van der Waals surface area contributed by atoms with Gasteiger partial charge in [0, 0.05) is 15.7 Å². The molecule has 0 aliphatic rings. The summed E-state index contributed by atoms with van der Waals surface area (Å²) in [5, 5.41) is 0. The van der Waals surface area contributed by atoms with Crippen LogP contribution in [0.4, 0.5) is 4.39 Å². The first-order valence-electron chi connectivity index (χ1n) is 5.45. The van der Waals surface area contributed by atoms with Gasteiger partial charge in [0.05, 0.1) is 0 Å². The van der Waals surface area contributed by atoms with Gasteiger partial charge in [0.25, 0.3) is 0 Å². The molecule has 0 aliphatic carbocycles. The number of thioether (sulfide) groups is 1. The Labute approximate surface area is 102 Å². The Morgan fingerprint density at radius 2 is 1.88 bits per heavy atom. The number of nitrogens with two attached hydrogens (primary N) is 1. The highest BCUT2D eigenvalue weighted by Crippen LogP contribution is 2.37. The average molecular weight is 241 g/mol. The molecule has 0 amide bonds. The average Bonchev–Trinajstić information content (AvgIpc) is 2.07. The molecule has 0 spiro atoms. The molecule has 1 rings (SSSR count). The van der Waals surface area contributed by atoms with Gasteiger partial charge < -0.3 is 5.73 Å². The summed E-state index contributed by atoms with van der Waals surface area (Å²) < 4.78 is 13.6. The molecule has 0 saturated heterocycles. The van der Waals surface area contributed by atoms with Gasteiger partial charge in [0.15, 0.2) is 0 Å². The summed E-state index contributed by atoms with van der Waals surface area (Å²) in [4.78, 5) is 1.08. The number of hydrogen-bond donors (Lipinski definition) is 1. The summed E-state index contributed by atoms with van der Waals surface area (Å²) in [5.74, 6) is -0.175. The predicted octanol–water partition coefficient (Wildman–Crippen LogP) is 4.04. The maximum Gasteiger partial charge on any atom is 0.126 e. The van der Waals surface area contributed by atoms with Crippen LogP contribution in [0.15, 0.2) is 17.0 Å². The van der Waals surface area contributed by atoms with Crippen LogP contribution in [0.3, 0.4) is 0 Å². The van der Waals surface area contributed by atoms with Gasteiger partial charge in [0.1, 0.15) is 5.82 Å². The van der Waals surface area contributed by atoms with Crippen molar-refractivity contribution in [2.75, 3.05) is 0 Å². The van der Waals surface area contributed by atoms with Crippen molar-refractivity contribution in [3.63, 3.8) is 0 Å². The molecule has 3 heteroatoms. The van der Waals surface area contributed by atoms with E-state index in [1.807, 2.05) is 13.0 Å². The van der Waals surface area contributed by atoms with Gasteiger partial charge in [-0.05, 0) is 37.1 Å². The molecule has 1 aromatic carbocycles. The lowest BCUT2D eigenvalue weighted by atomic mass is 10.1. The maximum absolute atomic E-state index is 13.5. The third kappa shape index (κ3) is 3.49. The van der Waals surface area contributed by atoms with Crippen LogP contribution < -0.4 is 5.73 Å². The molecule has 1 atom stereocenters. The second-order valence-electron chi connectivity index (χ2n) is 5.14. The van der Waals surface area contributed by atoms with Crippen molar-refractivity contribution >= 4 is 11.8 Å². The van der Waals surface area contributed by atoms with Crippen molar-refractivity contribution in [2.45, 2.75) is 50.3 Å². The molecule has 1 unspecified atom stereocenters. The van der Waals surface area contributed by atoms with Crippen LogP contribution in [0.25, 0.3) is 0 Å². The van der Waals surface area contributed by atoms with Crippen LogP contribution >= 0.6 is 11.8 Å². The van der Waals surface area contributed by atoms with E-state index >= 15 is 0 Å². The summed E-state index contributed by atoms with van der Waals surface area (Å²) in [7, 11) is 0. The second kappa shape index (κ2) is 4.76. The second-order valence-corrected chi connectivity index (χ2v) is 7.01. The van der Waals surface area contributed by atoms with Gasteiger partial charge in [-0.1, -0.05) is 20.8 Å². The van der Waals surface area contributed by atoms with E-state index in [0.29, 0.717) is 5.56 Å². The monoisotopic (exact) mass is 241 g/mol. The topological polar surface area (TPSA) is 26.0 Å². The van der Waals surface area contributed by atoms with Crippen molar-refractivity contribution in [1.82, 2.24) is 0 Å². The minimum absolute atomic E-state index is 0.105. The molecule has 2 N–H and O–H groups in total. The molecule has 1 nitrogen and oxygen atoms in total. The Bertz CT molecular complexity index is 380. The fourth-order valence-electron chi connectivity index (χ4n) is 1.44. The van der Waals surface area contributed by atoms with E-state index in [9.17, 15) is 4.39 Å². The Kier molecular flexibility index (Phi) is 4.02. The normalized spacial score (nSPS) is 13.9. The lowest BCUT2D eigenvalue weighted by Crippen LogP contribution is -2.12. The van der Waals surface area contributed by atoms with E-state index in [2.05, 4.69) is 20.8 Å². The molecule has 0 radical (unpaired) electrons. The summed E-state index contributed by atoms with van der Waals surface area (Å²) in [5.41, 5.74) is 7.44. The highest BCUT2D eigenvalue weighted by molar-refractivity contribution is 8.00. The van der Waals surface area contributed by atoms with E-state index in [1.54, 1.807) is 24.8 Å². The molecule has 0 saturated carbocycles. The first kappa shape index (κ1) is 13.5. The molecule has 1 aromatic rings. The smallest absolute Gasteiger partial charge is 0.126 e. The molecule has 16 heavy (non-hydrogen) atoms. The highest BCUT2D eigenvalue weighted by Gasteiger charge is 2.18. The van der Waals surface area contributed by atoms with Crippen LogP contribution in [0.5, 0.6) is 0 Å². The van der Waals surface area contributed by atoms with E-state index in [1.165, 1.54) is 0 Å². The lowest BCUT2D eigenvalue weighted by Gasteiger charge is -2.22. The molecular weight excluding hydrogens is 221 g/mol. The third-order valence-corrected chi connectivity index (χ3v) is 3.38. The highest BCUT2D eigenvalue weighted by atomic mass is 32.2. The lowest BCUT2D eigenvalue weighted by molar-refractivity contribution is 0.609. The standard InChI is InChI=1S/C13H20FNS/c1-8-6-12(16-13(3,4)5)10(9(2)15)7-11(8)14/h6-7,9H,15H2,1-5H3. The zero-order valence-electron chi connectivity index (χ0n) is 10.6. The van der Waals surface area contributed by atoms with Crippen molar-refractivity contribution in [2.24, 2.45) is 5.73 Å². The van der Waals surface area contributed by atoms with E-state index < -0.39 is 0 Å². The Balaban J connectivity index is 3.20. The van der Waals surface area contributed by atoms with E-state index in [0.717, 1.165) is 10.5 Å². The summed E-state index contributed by atoms with van der Waals surface area (Å²) in [6.45, 7) is 10.1. The third-order valence-electron chi connectivity index (χ3n) is 2.20. The van der Waals surface area contributed by atoms with Crippen LogP contribution in [-0.2, 0) is 0 Å². The maximum atomic E-state index is 13.5. The molecule has 0 fully saturated rings. The summed E-state index contributed by atoms with van der Waals surface area (Å²) in [6.07, 6.45) is 0. The molecular formula is C13H20FNS. The van der Waals surface area contributed by atoms with E-state index in [-0.39, 0.29) is 16.6 Å². The quantitative estimate of drug-likeness (QED) is 0.791. The predicted molar refractivity (Wildman–Crippen MR) is 69.3 cm³/mol. The number of halogens is 1.